The average Bonchev–Trinajstić information content (AvgIpc) is 2.64. The fraction of sp³-hybridized carbons (Fsp3) is 0.105. The molecule has 3 amide bonds. The first-order valence-electron chi connectivity index (χ1n) is 7.65. The fourth-order valence-electron chi connectivity index (χ4n) is 2.21. The van der Waals surface area contributed by atoms with E-state index in [2.05, 4.69) is 17.2 Å². The van der Waals surface area contributed by atoms with Crippen molar-refractivity contribution in [3.8, 4) is 0 Å². The predicted octanol–water partition coefficient (Wildman–Crippen LogP) is 1.45. The number of carbonyl (C=O) groups excluding carboxylic acids is 3. The average molecular weight is 337 g/mol. The molecule has 2 aromatic carbocycles. The number of rotatable bonds is 7. The second kappa shape index (κ2) is 8.44. The van der Waals surface area contributed by atoms with Gasteiger partial charge in [0.25, 0.3) is 5.91 Å². The van der Waals surface area contributed by atoms with Crippen LogP contribution in [0.4, 0.5) is 0 Å². The molecule has 0 saturated heterocycles. The van der Waals surface area contributed by atoms with Gasteiger partial charge in [-0.05, 0) is 29.3 Å². The highest BCUT2D eigenvalue weighted by Crippen LogP contribution is 2.13. The van der Waals surface area contributed by atoms with Crippen LogP contribution in [0.15, 0.2) is 67.3 Å². The summed E-state index contributed by atoms with van der Waals surface area (Å²) >= 11 is 0. The Bertz CT molecular complexity index is 770. The minimum Gasteiger partial charge on any atom is -0.368 e. The number of amides is 3. The molecule has 0 saturated carbocycles. The molecule has 0 aliphatic carbocycles. The summed E-state index contributed by atoms with van der Waals surface area (Å²) in [5, 5.41) is 5.28. The summed E-state index contributed by atoms with van der Waals surface area (Å²) in [6.45, 7) is 3.71. The van der Waals surface area contributed by atoms with Crippen molar-refractivity contribution in [1.82, 2.24) is 10.6 Å². The molecule has 0 aliphatic heterocycles. The van der Waals surface area contributed by atoms with Crippen LogP contribution in [0.2, 0.25) is 0 Å². The fourth-order valence-corrected chi connectivity index (χ4v) is 2.21. The number of nitrogens with one attached hydrogen (secondary N) is 2. The number of carbonyl (C=O) groups is 3. The quantitative estimate of drug-likeness (QED) is 0.666. The van der Waals surface area contributed by atoms with E-state index in [9.17, 15) is 14.4 Å². The molecular weight excluding hydrogens is 318 g/mol. The molecule has 2 rings (SSSR count). The van der Waals surface area contributed by atoms with E-state index in [1.165, 1.54) is 6.08 Å². The maximum absolute atomic E-state index is 12.4. The monoisotopic (exact) mass is 337 g/mol. The first-order valence-corrected chi connectivity index (χ1v) is 7.65. The van der Waals surface area contributed by atoms with Crippen molar-refractivity contribution in [3.05, 3.63) is 83.9 Å². The summed E-state index contributed by atoms with van der Waals surface area (Å²) < 4.78 is 0. The van der Waals surface area contributed by atoms with E-state index in [1.807, 2.05) is 6.07 Å². The normalized spacial score (nSPS) is 11.2. The van der Waals surface area contributed by atoms with Crippen molar-refractivity contribution in [3.63, 3.8) is 0 Å². The first kappa shape index (κ1) is 17.9. The van der Waals surface area contributed by atoms with E-state index in [1.54, 1.807) is 48.5 Å². The summed E-state index contributed by atoms with van der Waals surface area (Å²) in [7, 11) is 0. The molecule has 25 heavy (non-hydrogen) atoms. The largest absolute Gasteiger partial charge is 0.368 e. The highest BCUT2D eigenvalue weighted by Gasteiger charge is 2.20. The Kier molecular flexibility index (Phi) is 6.06. The van der Waals surface area contributed by atoms with Crippen LogP contribution in [0.5, 0.6) is 0 Å². The van der Waals surface area contributed by atoms with E-state index < -0.39 is 17.9 Å². The van der Waals surface area contributed by atoms with Gasteiger partial charge in [0.1, 0.15) is 6.04 Å². The highest BCUT2D eigenvalue weighted by molar-refractivity contribution is 5.97. The maximum atomic E-state index is 12.4. The lowest BCUT2D eigenvalue weighted by atomic mass is 10.1. The molecule has 0 heterocycles. The molecule has 0 spiro atoms. The predicted molar refractivity (Wildman–Crippen MR) is 94.3 cm³/mol. The number of primary amides is 1. The number of hydrogen-bond donors (Lipinski definition) is 3. The standard InChI is InChI=1S/C19H19N3O3/c1-2-16(23)21-12-13-8-10-15(11-9-13)19(25)22-17(18(20)24)14-6-4-3-5-7-14/h2-11,17H,1,12H2,(H2,20,24)(H,21,23)(H,22,25)/t17-/m0/s1. The van der Waals surface area contributed by atoms with E-state index in [4.69, 9.17) is 5.73 Å². The Hall–Kier alpha value is -3.41. The molecule has 128 valence electrons. The smallest absolute Gasteiger partial charge is 0.252 e. The minimum atomic E-state index is -0.903. The van der Waals surface area contributed by atoms with Gasteiger partial charge in [-0.3, -0.25) is 14.4 Å². The van der Waals surface area contributed by atoms with Gasteiger partial charge in [-0.25, -0.2) is 0 Å². The summed E-state index contributed by atoms with van der Waals surface area (Å²) in [6, 6.07) is 14.6. The van der Waals surface area contributed by atoms with Gasteiger partial charge >= 0.3 is 0 Å². The summed E-state index contributed by atoms with van der Waals surface area (Å²) in [5.41, 5.74) is 7.24. The lowest BCUT2D eigenvalue weighted by Crippen LogP contribution is -2.37. The third-order valence-electron chi connectivity index (χ3n) is 3.56. The third kappa shape index (κ3) is 5.04. The van der Waals surface area contributed by atoms with Crippen LogP contribution >= 0.6 is 0 Å². The molecule has 0 aromatic heterocycles. The third-order valence-corrected chi connectivity index (χ3v) is 3.56. The Balaban J connectivity index is 2.05. The van der Waals surface area contributed by atoms with Crippen molar-refractivity contribution in [1.29, 1.82) is 0 Å². The SMILES string of the molecule is C=CC(=O)NCc1ccc(C(=O)N[C@H](C(N)=O)c2ccccc2)cc1. The van der Waals surface area contributed by atoms with Crippen molar-refractivity contribution in [2.24, 2.45) is 5.73 Å². The lowest BCUT2D eigenvalue weighted by Gasteiger charge is -2.16. The molecule has 0 aliphatic rings. The van der Waals surface area contributed by atoms with Crippen LogP contribution in [-0.4, -0.2) is 17.7 Å². The van der Waals surface area contributed by atoms with E-state index in [-0.39, 0.29) is 5.91 Å². The van der Waals surface area contributed by atoms with E-state index >= 15 is 0 Å². The van der Waals surface area contributed by atoms with Gasteiger partial charge in [0, 0.05) is 12.1 Å². The molecule has 6 heteroatoms. The minimum absolute atomic E-state index is 0.269. The second-order valence-electron chi connectivity index (χ2n) is 5.34. The molecule has 0 bridgehead atoms. The van der Waals surface area contributed by atoms with Gasteiger partial charge in [0.05, 0.1) is 0 Å². The maximum Gasteiger partial charge on any atom is 0.252 e. The van der Waals surface area contributed by atoms with Gasteiger partial charge in [-0.1, -0.05) is 49.0 Å². The van der Waals surface area contributed by atoms with E-state index in [0.29, 0.717) is 17.7 Å². The van der Waals surface area contributed by atoms with Gasteiger partial charge in [0.2, 0.25) is 11.8 Å². The highest BCUT2D eigenvalue weighted by atomic mass is 16.2. The summed E-state index contributed by atoms with van der Waals surface area (Å²) in [4.78, 5) is 35.2. The summed E-state index contributed by atoms with van der Waals surface area (Å²) in [6.07, 6.45) is 1.19. The van der Waals surface area contributed by atoms with Crippen molar-refractivity contribution in [2.75, 3.05) is 0 Å². The van der Waals surface area contributed by atoms with E-state index in [0.717, 1.165) is 5.56 Å². The van der Waals surface area contributed by atoms with Crippen molar-refractivity contribution >= 4 is 17.7 Å². The van der Waals surface area contributed by atoms with Gasteiger partial charge in [0.15, 0.2) is 0 Å². The van der Waals surface area contributed by atoms with Crippen molar-refractivity contribution in [2.45, 2.75) is 12.6 Å². The molecular formula is C19H19N3O3. The topological polar surface area (TPSA) is 101 Å². The van der Waals surface area contributed by atoms with Crippen molar-refractivity contribution < 1.29 is 14.4 Å². The van der Waals surface area contributed by atoms with Gasteiger partial charge in [-0.2, -0.15) is 0 Å². The lowest BCUT2D eigenvalue weighted by molar-refractivity contribution is -0.120. The molecule has 6 nitrogen and oxygen atoms in total. The zero-order valence-corrected chi connectivity index (χ0v) is 13.6. The molecule has 0 unspecified atom stereocenters. The van der Waals surface area contributed by atoms with Crippen LogP contribution in [0.1, 0.15) is 27.5 Å². The Labute approximate surface area is 145 Å². The Morgan fingerprint density at radius 3 is 2.24 bits per heavy atom. The first-order chi connectivity index (χ1) is 12.0. The van der Waals surface area contributed by atoms with Crippen LogP contribution in [0, 0.1) is 0 Å². The zero-order chi connectivity index (χ0) is 18.2. The molecule has 4 N–H and O–H groups in total. The molecule has 2 aromatic rings. The van der Waals surface area contributed by atoms with Crippen LogP contribution in [-0.2, 0) is 16.1 Å². The molecule has 1 atom stereocenters. The number of hydrogen-bond acceptors (Lipinski definition) is 3. The Morgan fingerprint density at radius 2 is 1.68 bits per heavy atom. The van der Waals surface area contributed by atoms with Gasteiger partial charge < -0.3 is 16.4 Å². The van der Waals surface area contributed by atoms with Crippen LogP contribution in [0.25, 0.3) is 0 Å². The van der Waals surface area contributed by atoms with Crippen LogP contribution in [0.3, 0.4) is 0 Å². The van der Waals surface area contributed by atoms with Gasteiger partial charge in [-0.15, -0.1) is 0 Å². The Morgan fingerprint density at radius 1 is 1.04 bits per heavy atom. The van der Waals surface area contributed by atoms with Crippen LogP contribution < -0.4 is 16.4 Å². The second-order valence-corrected chi connectivity index (χ2v) is 5.34. The zero-order valence-electron chi connectivity index (χ0n) is 13.6. The summed E-state index contributed by atoms with van der Waals surface area (Å²) in [5.74, 6) is -1.31. The molecule has 0 fully saturated rings. The molecule has 0 radical (unpaired) electrons. The number of nitrogens with two attached hydrogens (primary N) is 1. The number of benzene rings is 2.